The number of fused-ring (bicyclic) bond motifs is 3. The van der Waals surface area contributed by atoms with Crippen molar-refractivity contribution in [2.75, 3.05) is 20.8 Å². The average molecular weight is 605 g/mol. The van der Waals surface area contributed by atoms with E-state index in [4.69, 9.17) is 14.2 Å². The third kappa shape index (κ3) is 9.26. The highest BCUT2D eigenvalue weighted by molar-refractivity contribution is 6.20. The number of carbonyl (C=O) groups excluding carboxylic acids is 3. The van der Waals surface area contributed by atoms with Crippen molar-refractivity contribution in [2.24, 2.45) is 17.8 Å². The molecule has 3 aliphatic carbocycles. The molecule has 2 N–H and O–H groups in total. The number of hydrogen-bond acceptors (Lipinski definition) is 8. The fraction of sp³-hybridized carbons (Fsp3) is 0.629. The molecule has 4 atom stereocenters. The first-order valence-electron chi connectivity index (χ1n) is 16.0. The van der Waals surface area contributed by atoms with Crippen LogP contribution < -0.4 is 0 Å². The van der Waals surface area contributed by atoms with Crippen molar-refractivity contribution in [1.29, 1.82) is 0 Å². The lowest BCUT2D eigenvalue weighted by Crippen LogP contribution is -2.39. The van der Waals surface area contributed by atoms with Gasteiger partial charge in [0.2, 0.25) is 0 Å². The second-order valence-electron chi connectivity index (χ2n) is 9.38. The summed E-state index contributed by atoms with van der Waals surface area (Å²) in [6, 6.07) is 0. The Morgan fingerprint density at radius 1 is 0.860 bits per heavy atom. The summed E-state index contributed by atoms with van der Waals surface area (Å²) in [4.78, 5) is 38.0. The van der Waals surface area contributed by atoms with E-state index in [1.807, 2.05) is 55.4 Å². The van der Waals surface area contributed by atoms with Gasteiger partial charge in [-0.3, -0.25) is 14.4 Å². The maximum absolute atomic E-state index is 13.2. The Kier molecular flexibility index (Phi) is 19.4. The number of rotatable bonds is 3. The van der Waals surface area contributed by atoms with E-state index in [0.29, 0.717) is 29.7 Å². The van der Waals surface area contributed by atoms with Gasteiger partial charge in [-0.2, -0.15) is 0 Å². The normalized spacial score (nSPS) is 22.5. The molecule has 8 nitrogen and oxygen atoms in total. The number of aromatic hydroxyl groups is 2. The predicted molar refractivity (Wildman–Crippen MR) is 172 cm³/mol. The fourth-order valence-corrected chi connectivity index (χ4v) is 5.41. The van der Waals surface area contributed by atoms with E-state index in [1.54, 1.807) is 25.3 Å². The third-order valence-corrected chi connectivity index (χ3v) is 7.39. The standard InChI is InChI=1S/C21H20O6.C6H12O2.4C2H6/c1-9(22)10-6-7-11-13(8-10)20(25)16-17(18(11)23)21(26)15-12(19(16)24)4-3-5-14(15)27-2;1-7-6-4-2-3-5-8-6;4*1-2/h3-5,10,12,15,23,25H,6-8H2,1-2H3;6H,2-5H2,1H3;4*1-2H3/t;6-;;;;/m.1..../s1. The number of allylic oxidation sites excluding steroid dienone is 4. The molecule has 0 amide bonds. The van der Waals surface area contributed by atoms with Gasteiger partial charge in [0, 0.05) is 30.8 Å². The van der Waals surface area contributed by atoms with Crippen molar-refractivity contribution in [3.05, 3.63) is 46.2 Å². The summed E-state index contributed by atoms with van der Waals surface area (Å²) < 4.78 is 15.4. The Morgan fingerprint density at radius 3 is 1.93 bits per heavy atom. The third-order valence-electron chi connectivity index (χ3n) is 7.39. The van der Waals surface area contributed by atoms with Crippen LogP contribution in [0.4, 0.5) is 0 Å². The molecule has 1 saturated heterocycles. The molecule has 0 radical (unpaired) electrons. The molecule has 1 aromatic rings. The van der Waals surface area contributed by atoms with Gasteiger partial charge in [-0.15, -0.1) is 0 Å². The molecule has 1 aromatic carbocycles. The van der Waals surface area contributed by atoms with Crippen LogP contribution in [0.2, 0.25) is 0 Å². The second-order valence-corrected chi connectivity index (χ2v) is 9.38. The Morgan fingerprint density at radius 2 is 1.44 bits per heavy atom. The van der Waals surface area contributed by atoms with Gasteiger partial charge in [0.15, 0.2) is 17.9 Å². The van der Waals surface area contributed by atoms with E-state index in [-0.39, 0.29) is 47.0 Å². The van der Waals surface area contributed by atoms with Crippen LogP contribution in [0, 0.1) is 17.8 Å². The lowest BCUT2D eigenvalue weighted by molar-refractivity contribution is -0.145. The first-order chi connectivity index (χ1) is 20.8. The minimum Gasteiger partial charge on any atom is -0.507 e. The van der Waals surface area contributed by atoms with Crippen LogP contribution in [0.3, 0.4) is 0 Å². The summed E-state index contributed by atoms with van der Waals surface area (Å²) in [5.41, 5.74) is 0.595. The van der Waals surface area contributed by atoms with Gasteiger partial charge in [-0.1, -0.05) is 67.5 Å². The van der Waals surface area contributed by atoms with Crippen LogP contribution in [0.1, 0.15) is 120 Å². The van der Waals surface area contributed by atoms with Crippen LogP contribution in [0.15, 0.2) is 24.0 Å². The molecule has 0 spiro atoms. The molecule has 4 aliphatic rings. The number of ketones is 3. The summed E-state index contributed by atoms with van der Waals surface area (Å²) in [5, 5.41) is 21.7. The Labute approximate surface area is 259 Å². The van der Waals surface area contributed by atoms with Crippen LogP contribution in [0.25, 0.3) is 0 Å². The SMILES string of the molecule is CC.CC.CC.CC.COC1=CC=CC2C(=O)c3c(O)c4c(c(O)c3C(=O)C12)CCC(C(C)=O)C4.CO[C@H]1CCCCO1. The number of Topliss-reactive ketones (excluding diaryl/α,β-unsaturated/α-hetero) is 3. The minimum atomic E-state index is -0.836. The summed E-state index contributed by atoms with van der Waals surface area (Å²) in [6.07, 6.45) is 9.65. The monoisotopic (exact) mass is 604 g/mol. The van der Waals surface area contributed by atoms with Gasteiger partial charge in [0.05, 0.1) is 30.1 Å². The quantitative estimate of drug-likeness (QED) is 0.336. The largest absolute Gasteiger partial charge is 0.507 e. The highest BCUT2D eigenvalue weighted by Gasteiger charge is 2.48. The van der Waals surface area contributed by atoms with Crippen LogP contribution in [-0.2, 0) is 31.8 Å². The summed E-state index contributed by atoms with van der Waals surface area (Å²) in [5.74, 6) is -2.89. The van der Waals surface area contributed by atoms with Gasteiger partial charge in [-0.25, -0.2) is 0 Å². The number of phenols is 2. The van der Waals surface area contributed by atoms with E-state index in [0.717, 1.165) is 13.0 Å². The highest BCUT2D eigenvalue weighted by atomic mass is 16.7. The molecule has 0 saturated carbocycles. The van der Waals surface area contributed by atoms with Gasteiger partial charge in [-0.05, 0) is 51.5 Å². The molecule has 0 aromatic heterocycles. The minimum absolute atomic E-state index is 0.00446. The maximum atomic E-state index is 13.2. The molecule has 43 heavy (non-hydrogen) atoms. The average Bonchev–Trinajstić information content (AvgIpc) is 3.08. The van der Waals surface area contributed by atoms with E-state index in [2.05, 4.69) is 0 Å². The molecule has 3 unspecified atom stereocenters. The van der Waals surface area contributed by atoms with Gasteiger partial charge >= 0.3 is 0 Å². The van der Waals surface area contributed by atoms with Gasteiger partial charge < -0.3 is 24.4 Å². The van der Waals surface area contributed by atoms with Crippen molar-refractivity contribution in [3.8, 4) is 11.5 Å². The maximum Gasteiger partial charge on any atom is 0.179 e. The van der Waals surface area contributed by atoms with Crippen molar-refractivity contribution in [1.82, 2.24) is 0 Å². The predicted octanol–water partition coefficient (Wildman–Crippen LogP) is 7.77. The molecule has 8 heteroatoms. The van der Waals surface area contributed by atoms with Crippen molar-refractivity contribution in [2.45, 2.75) is 107 Å². The Hall–Kier alpha value is -2.97. The smallest absolute Gasteiger partial charge is 0.179 e. The van der Waals surface area contributed by atoms with E-state index in [1.165, 1.54) is 26.9 Å². The number of methoxy groups -OCH3 is 2. The van der Waals surface area contributed by atoms with Crippen LogP contribution in [-0.4, -0.2) is 54.7 Å². The molecule has 1 heterocycles. The highest BCUT2D eigenvalue weighted by Crippen LogP contribution is 2.49. The summed E-state index contributed by atoms with van der Waals surface area (Å²) in [6.45, 7) is 18.4. The van der Waals surface area contributed by atoms with Crippen molar-refractivity contribution >= 4 is 17.3 Å². The molecule has 1 fully saturated rings. The van der Waals surface area contributed by atoms with Gasteiger partial charge in [0.25, 0.3) is 0 Å². The Bertz CT molecular complexity index is 1100. The molecular formula is C35H56O8. The van der Waals surface area contributed by atoms with Crippen LogP contribution >= 0.6 is 0 Å². The van der Waals surface area contributed by atoms with E-state index < -0.39 is 23.4 Å². The number of phenolic OH excluding ortho intramolecular Hbond substituents is 2. The second kappa shape index (κ2) is 20.9. The lowest BCUT2D eigenvalue weighted by atomic mass is 9.68. The zero-order chi connectivity index (χ0) is 33.3. The molecule has 244 valence electrons. The van der Waals surface area contributed by atoms with E-state index in [9.17, 15) is 24.6 Å². The number of carbonyl (C=O) groups is 3. The molecule has 1 aliphatic heterocycles. The van der Waals surface area contributed by atoms with Crippen molar-refractivity contribution < 1.29 is 38.8 Å². The molecular weight excluding hydrogens is 548 g/mol. The molecule has 0 bridgehead atoms. The van der Waals surface area contributed by atoms with Gasteiger partial charge in [0.1, 0.15) is 23.0 Å². The topological polar surface area (TPSA) is 119 Å². The Balaban J connectivity index is 0.000000924. The fourth-order valence-electron chi connectivity index (χ4n) is 5.41. The number of ether oxygens (including phenoxy) is 3. The zero-order valence-corrected chi connectivity index (χ0v) is 28.3. The first kappa shape index (κ1) is 40.0. The van der Waals surface area contributed by atoms with Crippen molar-refractivity contribution in [3.63, 3.8) is 0 Å². The number of benzene rings is 1. The van der Waals surface area contributed by atoms with Crippen LogP contribution in [0.5, 0.6) is 11.5 Å². The summed E-state index contributed by atoms with van der Waals surface area (Å²) >= 11 is 0. The number of hydrogen-bond donors (Lipinski definition) is 2. The lowest BCUT2D eigenvalue weighted by Gasteiger charge is -2.34. The molecule has 5 rings (SSSR count). The van der Waals surface area contributed by atoms with E-state index >= 15 is 0 Å². The first-order valence-corrected chi connectivity index (χ1v) is 16.0. The zero-order valence-electron chi connectivity index (χ0n) is 28.3. The summed E-state index contributed by atoms with van der Waals surface area (Å²) in [7, 11) is 3.12.